The van der Waals surface area contributed by atoms with Crippen LogP contribution in [-0.2, 0) is 20.8 Å². The number of rotatable bonds is 2. The van der Waals surface area contributed by atoms with Gasteiger partial charge in [0.1, 0.15) is 0 Å². The molecule has 1 atom stereocenters. The number of hydrogen-bond donors (Lipinski definition) is 0. The van der Waals surface area contributed by atoms with Crippen molar-refractivity contribution in [3.8, 4) is 0 Å². The molecule has 0 nitrogen and oxygen atoms in total. The van der Waals surface area contributed by atoms with Crippen molar-refractivity contribution in [2.24, 2.45) is 11.8 Å². The van der Waals surface area contributed by atoms with E-state index in [1.54, 1.807) is 0 Å². The second-order valence-corrected chi connectivity index (χ2v) is 7.06. The maximum atomic E-state index is 4.93. The molecule has 1 rings (SSSR count). The number of allylic oxidation sites excluding steroid dienone is 4. The van der Waals surface area contributed by atoms with Crippen molar-refractivity contribution in [3.63, 3.8) is 0 Å². The zero-order valence-electron chi connectivity index (χ0n) is 8.35. The molecule has 3 heteroatoms. The summed E-state index contributed by atoms with van der Waals surface area (Å²) in [6.45, 7) is 6.72. The minimum atomic E-state index is -0.826. The van der Waals surface area contributed by atoms with E-state index in [0.717, 1.165) is 5.92 Å². The second-order valence-electron chi connectivity index (χ2n) is 3.32. The van der Waals surface area contributed by atoms with Crippen molar-refractivity contribution in [3.05, 3.63) is 23.8 Å². The average Bonchev–Trinajstić information content (AvgIpc) is 2.53. The quantitative estimate of drug-likeness (QED) is 0.702. The molecule has 1 aliphatic carbocycles. The van der Waals surface area contributed by atoms with Crippen LogP contribution in [0.2, 0.25) is 0 Å². The van der Waals surface area contributed by atoms with Crippen molar-refractivity contribution in [1.82, 2.24) is 0 Å². The normalized spacial score (nSPS) is 19.5. The first-order valence-corrected chi connectivity index (χ1v) is 10.8. The summed E-state index contributed by atoms with van der Waals surface area (Å²) in [4.78, 5) is 0. The maximum absolute atomic E-state index is 4.93. The Morgan fingerprint density at radius 2 is 2.00 bits per heavy atom. The molecule has 0 aromatic carbocycles. The van der Waals surface area contributed by atoms with Crippen LogP contribution in [0.15, 0.2) is 23.8 Å². The van der Waals surface area contributed by atoms with Crippen LogP contribution < -0.4 is 0 Å². The zero-order chi connectivity index (χ0) is 10.3. The first-order chi connectivity index (χ1) is 6.15. The third-order valence-electron chi connectivity index (χ3n) is 2.08. The van der Waals surface area contributed by atoms with Gasteiger partial charge in [-0.15, -0.1) is 0 Å². The Hall–Kier alpha value is 0.943. The van der Waals surface area contributed by atoms with Crippen LogP contribution in [0, 0.1) is 11.8 Å². The van der Waals surface area contributed by atoms with Crippen LogP contribution in [-0.4, -0.2) is 0 Å². The summed E-state index contributed by atoms with van der Waals surface area (Å²) in [5.74, 6) is 1.42. The molecule has 0 aromatic heterocycles. The van der Waals surface area contributed by atoms with Gasteiger partial charge in [0.2, 0.25) is 0 Å². The molecule has 0 aromatic rings. The van der Waals surface area contributed by atoms with Crippen molar-refractivity contribution in [2.45, 2.75) is 27.2 Å². The predicted molar refractivity (Wildman–Crippen MR) is 57.5 cm³/mol. The standard InChI is InChI=1S/C10H16.2ClH.Zr/c1-4-9-5-6-10(7-9)8(2)3;;;/h5-9H,4H2,1-3H3;2*1H;/q;;;+2/p-2. The average molecular weight is 298 g/mol. The summed E-state index contributed by atoms with van der Waals surface area (Å²) in [6, 6.07) is 0. The Bertz CT molecular complexity index is 185. The second kappa shape index (κ2) is 8.27. The molecule has 0 saturated carbocycles. The van der Waals surface area contributed by atoms with Crippen molar-refractivity contribution in [2.75, 3.05) is 0 Å². The summed E-state index contributed by atoms with van der Waals surface area (Å²) in [5, 5.41) is 0. The van der Waals surface area contributed by atoms with E-state index < -0.39 is 20.8 Å². The van der Waals surface area contributed by atoms with E-state index >= 15 is 0 Å². The Kier molecular flexibility index (Phi) is 8.87. The fourth-order valence-corrected chi connectivity index (χ4v) is 1.23. The van der Waals surface area contributed by atoms with Gasteiger partial charge in [0.05, 0.1) is 0 Å². The molecule has 74 valence electrons. The van der Waals surface area contributed by atoms with E-state index in [1.165, 1.54) is 12.0 Å². The van der Waals surface area contributed by atoms with Gasteiger partial charge >= 0.3 is 37.9 Å². The third kappa shape index (κ3) is 6.10. The van der Waals surface area contributed by atoms with E-state index in [9.17, 15) is 0 Å². The molecule has 0 radical (unpaired) electrons. The molecule has 0 spiro atoms. The van der Waals surface area contributed by atoms with Gasteiger partial charge in [0, 0.05) is 0 Å². The van der Waals surface area contributed by atoms with Gasteiger partial charge in [0.25, 0.3) is 0 Å². The molecular weight excluding hydrogens is 282 g/mol. The Morgan fingerprint density at radius 1 is 1.46 bits per heavy atom. The van der Waals surface area contributed by atoms with Gasteiger partial charge in [0.15, 0.2) is 0 Å². The van der Waals surface area contributed by atoms with Crippen LogP contribution in [0.3, 0.4) is 0 Å². The number of halogens is 2. The Morgan fingerprint density at radius 3 is 2.23 bits per heavy atom. The van der Waals surface area contributed by atoms with Crippen molar-refractivity contribution < 1.29 is 20.8 Å². The molecule has 0 amide bonds. The van der Waals surface area contributed by atoms with Gasteiger partial charge in [-0.1, -0.05) is 39.0 Å². The summed E-state index contributed by atoms with van der Waals surface area (Å²) in [6.07, 6.45) is 8.19. The SMILES string of the molecule is CCC1C=CC(C(C)C)=C1.[Cl][Zr][Cl]. The Balaban J connectivity index is 0.000000424. The van der Waals surface area contributed by atoms with Crippen LogP contribution in [0.4, 0.5) is 0 Å². The van der Waals surface area contributed by atoms with Crippen molar-refractivity contribution >= 4 is 17.0 Å². The van der Waals surface area contributed by atoms with Crippen molar-refractivity contribution in [1.29, 1.82) is 0 Å². The van der Waals surface area contributed by atoms with Gasteiger partial charge in [-0.2, -0.15) is 0 Å². The van der Waals surface area contributed by atoms with E-state index in [-0.39, 0.29) is 0 Å². The van der Waals surface area contributed by atoms with Crippen LogP contribution >= 0.6 is 17.0 Å². The third-order valence-corrected chi connectivity index (χ3v) is 2.08. The first-order valence-electron chi connectivity index (χ1n) is 4.51. The van der Waals surface area contributed by atoms with Gasteiger partial charge in [-0.25, -0.2) is 0 Å². The molecule has 0 fully saturated rings. The summed E-state index contributed by atoms with van der Waals surface area (Å²) < 4.78 is 0. The summed E-state index contributed by atoms with van der Waals surface area (Å²) in [5.41, 5.74) is 1.51. The van der Waals surface area contributed by atoms with E-state index in [1.807, 2.05) is 0 Å². The fourth-order valence-electron chi connectivity index (χ4n) is 1.23. The number of hydrogen-bond acceptors (Lipinski definition) is 0. The first kappa shape index (κ1) is 13.9. The van der Waals surface area contributed by atoms with Crippen LogP contribution in [0.5, 0.6) is 0 Å². The summed E-state index contributed by atoms with van der Waals surface area (Å²) >= 11 is -0.826. The molecule has 1 aliphatic rings. The molecule has 13 heavy (non-hydrogen) atoms. The minimum absolute atomic E-state index is 0.702. The monoisotopic (exact) mass is 296 g/mol. The topological polar surface area (TPSA) is 0 Å². The van der Waals surface area contributed by atoms with Gasteiger partial charge < -0.3 is 0 Å². The molecule has 0 N–H and O–H groups in total. The molecule has 0 saturated heterocycles. The molecule has 0 aliphatic heterocycles. The Labute approximate surface area is 100 Å². The predicted octanol–water partition coefficient (Wildman–Crippen LogP) is 4.54. The van der Waals surface area contributed by atoms with Crippen LogP contribution in [0.25, 0.3) is 0 Å². The van der Waals surface area contributed by atoms with Gasteiger partial charge in [-0.3, -0.25) is 0 Å². The summed E-state index contributed by atoms with van der Waals surface area (Å²) in [7, 11) is 9.87. The zero-order valence-corrected chi connectivity index (χ0v) is 12.3. The fraction of sp³-hybridized carbons (Fsp3) is 0.600. The molecule has 1 unspecified atom stereocenters. The van der Waals surface area contributed by atoms with E-state index in [4.69, 9.17) is 17.0 Å². The van der Waals surface area contributed by atoms with Gasteiger partial charge in [-0.05, 0) is 23.8 Å². The molecule has 0 bridgehead atoms. The molecular formula is C10H16Cl2Zr. The molecule has 0 heterocycles. The van der Waals surface area contributed by atoms with E-state index in [2.05, 4.69) is 39.0 Å². The van der Waals surface area contributed by atoms with Crippen LogP contribution in [0.1, 0.15) is 27.2 Å². The van der Waals surface area contributed by atoms with E-state index in [0.29, 0.717) is 5.92 Å².